The molecule has 0 aliphatic carbocycles. The normalized spacial score (nSPS) is 12.1. The Kier molecular flexibility index (Phi) is 4.96. The largest absolute Gasteiger partial charge is 0.504 e. The van der Waals surface area contributed by atoms with Gasteiger partial charge in [0.15, 0.2) is 11.5 Å². The van der Waals surface area contributed by atoms with Crippen LogP contribution in [-0.4, -0.2) is 16.7 Å². The van der Waals surface area contributed by atoms with Gasteiger partial charge in [0.2, 0.25) is 0 Å². The lowest BCUT2D eigenvalue weighted by Crippen LogP contribution is -2.18. The Morgan fingerprint density at radius 2 is 2.00 bits per heavy atom. The maximum atomic E-state index is 10.1. The van der Waals surface area contributed by atoms with Gasteiger partial charge in [-0.2, -0.15) is 0 Å². The summed E-state index contributed by atoms with van der Waals surface area (Å²) in [6.07, 6.45) is 3.56. The highest BCUT2D eigenvalue weighted by atomic mass is 16.5. The van der Waals surface area contributed by atoms with Crippen molar-refractivity contribution in [1.29, 1.82) is 0 Å². The van der Waals surface area contributed by atoms with E-state index in [-0.39, 0.29) is 11.8 Å². The van der Waals surface area contributed by atoms with Crippen LogP contribution in [-0.2, 0) is 6.54 Å². The predicted octanol–water partition coefficient (Wildman–Crippen LogP) is 3.04. The Balaban J connectivity index is 2.02. The third-order valence-electron chi connectivity index (χ3n) is 3.19. The molecule has 0 radical (unpaired) electrons. The maximum absolute atomic E-state index is 10.1. The number of aromatic hydroxyl groups is 1. The first-order chi connectivity index (χ1) is 9.72. The standard InChI is InChI=1S/C16H20N2O2/c1-3-20-15-6-4-5-14(16(15)19)11-18-12(2)13-7-9-17-10-8-13/h4-10,12,18-19H,3,11H2,1-2H3/t12-/m1/s1. The Bertz CT molecular complexity index is 543. The van der Waals surface area contributed by atoms with E-state index in [0.717, 1.165) is 5.56 Å². The Morgan fingerprint density at radius 1 is 1.25 bits per heavy atom. The molecule has 0 aliphatic rings. The molecule has 2 rings (SSSR count). The van der Waals surface area contributed by atoms with Crippen molar-refractivity contribution in [1.82, 2.24) is 10.3 Å². The second-order valence-electron chi connectivity index (χ2n) is 4.58. The first kappa shape index (κ1) is 14.3. The first-order valence-corrected chi connectivity index (χ1v) is 6.79. The number of nitrogens with one attached hydrogen (secondary N) is 1. The highest BCUT2D eigenvalue weighted by Gasteiger charge is 2.09. The number of aromatic nitrogens is 1. The molecule has 1 aromatic heterocycles. The zero-order valence-electron chi connectivity index (χ0n) is 11.8. The average Bonchev–Trinajstić information content (AvgIpc) is 2.49. The second kappa shape index (κ2) is 6.91. The molecule has 106 valence electrons. The van der Waals surface area contributed by atoms with Gasteiger partial charge in [-0.3, -0.25) is 4.98 Å². The Labute approximate surface area is 119 Å². The molecule has 2 aromatic rings. The minimum atomic E-state index is 0.188. The number of phenolic OH excluding ortho intramolecular Hbond substituents is 1. The van der Waals surface area contributed by atoms with Crippen molar-refractivity contribution in [3.63, 3.8) is 0 Å². The highest BCUT2D eigenvalue weighted by Crippen LogP contribution is 2.30. The van der Waals surface area contributed by atoms with Crippen LogP contribution < -0.4 is 10.1 Å². The van der Waals surface area contributed by atoms with Crippen molar-refractivity contribution in [2.75, 3.05) is 6.61 Å². The fourth-order valence-electron chi connectivity index (χ4n) is 2.02. The monoisotopic (exact) mass is 272 g/mol. The first-order valence-electron chi connectivity index (χ1n) is 6.79. The van der Waals surface area contributed by atoms with Gasteiger partial charge >= 0.3 is 0 Å². The molecule has 0 unspecified atom stereocenters. The number of hydrogen-bond donors (Lipinski definition) is 2. The molecule has 0 spiro atoms. The van der Waals surface area contributed by atoms with Gasteiger partial charge in [-0.1, -0.05) is 12.1 Å². The molecule has 4 heteroatoms. The van der Waals surface area contributed by atoms with E-state index in [1.165, 1.54) is 5.56 Å². The van der Waals surface area contributed by atoms with Gasteiger partial charge in [0.1, 0.15) is 0 Å². The smallest absolute Gasteiger partial charge is 0.162 e. The molecule has 20 heavy (non-hydrogen) atoms. The van der Waals surface area contributed by atoms with Crippen molar-refractivity contribution >= 4 is 0 Å². The molecule has 0 saturated carbocycles. The van der Waals surface area contributed by atoms with E-state index in [4.69, 9.17) is 4.74 Å². The molecule has 0 fully saturated rings. The number of ether oxygens (including phenoxy) is 1. The van der Waals surface area contributed by atoms with Crippen molar-refractivity contribution in [2.24, 2.45) is 0 Å². The maximum Gasteiger partial charge on any atom is 0.162 e. The average molecular weight is 272 g/mol. The van der Waals surface area contributed by atoms with Crippen LogP contribution in [0.1, 0.15) is 31.0 Å². The summed E-state index contributed by atoms with van der Waals surface area (Å²) in [6.45, 7) is 5.10. The number of hydrogen-bond acceptors (Lipinski definition) is 4. The van der Waals surface area contributed by atoms with Gasteiger partial charge in [-0.15, -0.1) is 0 Å². The summed E-state index contributed by atoms with van der Waals surface area (Å²) in [5.74, 6) is 0.743. The molecule has 0 amide bonds. The third-order valence-corrected chi connectivity index (χ3v) is 3.19. The van der Waals surface area contributed by atoms with Gasteiger partial charge in [-0.05, 0) is 37.6 Å². The van der Waals surface area contributed by atoms with E-state index >= 15 is 0 Å². The van der Waals surface area contributed by atoms with Gasteiger partial charge in [0.05, 0.1) is 6.61 Å². The van der Waals surface area contributed by atoms with E-state index in [9.17, 15) is 5.11 Å². The van der Waals surface area contributed by atoms with E-state index in [2.05, 4.69) is 17.2 Å². The van der Waals surface area contributed by atoms with Crippen molar-refractivity contribution < 1.29 is 9.84 Å². The van der Waals surface area contributed by atoms with Crippen LogP contribution in [0.4, 0.5) is 0 Å². The molecule has 1 aromatic carbocycles. The number of rotatable bonds is 6. The lowest BCUT2D eigenvalue weighted by Gasteiger charge is -2.15. The summed E-state index contributed by atoms with van der Waals surface area (Å²) in [7, 11) is 0. The van der Waals surface area contributed by atoms with Crippen LogP contribution in [0.15, 0.2) is 42.7 Å². The number of pyridine rings is 1. The second-order valence-corrected chi connectivity index (χ2v) is 4.58. The van der Waals surface area contributed by atoms with Crippen molar-refractivity contribution in [2.45, 2.75) is 26.4 Å². The Morgan fingerprint density at radius 3 is 2.70 bits per heavy atom. The van der Waals surface area contributed by atoms with Crippen molar-refractivity contribution in [3.8, 4) is 11.5 Å². The van der Waals surface area contributed by atoms with Gasteiger partial charge < -0.3 is 15.2 Å². The molecule has 0 saturated heterocycles. The van der Waals surface area contributed by atoms with Crippen LogP contribution in [0.3, 0.4) is 0 Å². The van der Waals surface area contributed by atoms with Crippen molar-refractivity contribution in [3.05, 3.63) is 53.9 Å². The van der Waals surface area contributed by atoms with E-state index in [1.54, 1.807) is 18.5 Å². The molecular weight excluding hydrogens is 252 g/mol. The zero-order chi connectivity index (χ0) is 14.4. The van der Waals surface area contributed by atoms with Crippen LogP contribution in [0.5, 0.6) is 11.5 Å². The van der Waals surface area contributed by atoms with Gasteiger partial charge in [0.25, 0.3) is 0 Å². The summed E-state index contributed by atoms with van der Waals surface area (Å²) in [4.78, 5) is 4.01. The molecule has 1 atom stereocenters. The summed E-state index contributed by atoms with van der Waals surface area (Å²) < 4.78 is 5.38. The topological polar surface area (TPSA) is 54.4 Å². The van der Waals surface area contributed by atoms with Crippen LogP contribution in [0.25, 0.3) is 0 Å². The number of phenols is 1. The minimum Gasteiger partial charge on any atom is -0.504 e. The summed E-state index contributed by atoms with van der Waals surface area (Å²) in [6, 6.07) is 9.70. The molecule has 0 aliphatic heterocycles. The SMILES string of the molecule is CCOc1cccc(CN[C@H](C)c2ccncc2)c1O. The quantitative estimate of drug-likeness (QED) is 0.848. The third kappa shape index (κ3) is 3.48. The van der Waals surface area contributed by atoms with Crippen LogP contribution in [0.2, 0.25) is 0 Å². The van der Waals surface area contributed by atoms with Crippen LogP contribution >= 0.6 is 0 Å². The fraction of sp³-hybridized carbons (Fsp3) is 0.312. The lowest BCUT2D eigenvalue weighted by molar-refractivity contribution is 0.316. The molecule has 1 heterocycles. The molecular formula is C16H20N2O2. The fourth-order valence-corrected chi connectivity index (χ4v) is 2.02. The van der Waals surface area contributed by atoms with Gasteiger partial charge in [-0.25, -0.2) is 0 Å². The van der Waals surface area contributed by atoms with E-state index in [0.29, 0.717) is 18.9 Å². The number of nitrogens with zero attached hydrogens (tertiary/aromatic N) is 1. The zero-order valence-corrected chi connectivity index (χ0v) is 11.8. The minimum absolute atomic E-state index is 0.188. The highest BCUT2D eigenvalue weighted by molar-refractivity contribution is 5.45. The van der Waals surface area contributed by atoms with Gasteiger partial charge in [0, 0.05) is 30.5 Å². The number of benzene rings is 1. The summed E-state index contributed by atoms with van der Waals surface area (Å²) in [5.41, 5.74) is 2.00. The lowest BCUT2D eigenvalue weighted by atomic mass is 10.1. The van der Waals surface area contributed by atoms with Crippen LogP contribution in [0, 0.1) is 0 Å². The van der Waals surface area contributed by atoms with E-state index < -0.39 is 0 Å². The summed E-state index contributed by atoms with van der Waals surface area (Å²) >= 11 is 0. The predicted molar refractivity (Wildman–Crippen MR) is 78.8 cm³/mol. The molecule has 2 N–H and O–H groups in total. The number of para-hydroxylation sites is 1. The molecule has 0 bridgehead atoms. The van der Waals surface area contributed by atoms with E-state index in [1.807, 2.05) is 31.2 Å². The molecule has 4 nitrogen and oxygen atoms in total. The Hall–Kier alpha value is -2.07. The summed E-state index contributed by atoms with van der Waals surface area (Å²) in [5, 5.41) is 13.5.